The summed E-state index contributed by atoms with van der Waals surface area (Å²) >= 11 is 1.35. The van der Waals surface area contributed by atoms with Crippen LogP contribution in [0.3, 0.4) is 0 Å². The van der Waals surface area contributed by atoms with Gasteiger partial charge in [-0.3, -0.25) is 24.1 Å². The highest BCUT2D eigenvalue weighted by molar-refractivity contribution is 7.12. The van der Waals surface area contributed by atoms with Crippen LogP contribution in [0.4, 0.5) is 11.4 Å². The van der Waals surface area contributed by atoms with E-state index >= 15 is 0 Å². The Hall–Kier alpha value is -3.82. The molecule has 2 aliphatic rings. The zero-order chi connectivity index (χ0) is 23.7. The van der Waals surface area contributed by atoms with E-state index < -0.39 is 11.8 Å². The molecular weight excluding hydrogens is 454 g/mol. The lowest BCUT2D eigenvalue weighted by Gasteiger charge is -2.17. The maximum Gasteiger partial charge on any atom is 0.265 e. The minimum Gasteiger partial charge on any atom is -0.376 e. The molecule has 8 nitrogen and oxygen atoms in total. The molecule has 0 saturated carbocycles. The van der Waals surface area contributed by atoms with E-state index in [1.165, 1.54) is 34.4 Å². The average molecular weight is 476 g/mol. The Morgan fingerprint density at radius 1 is 0.941 bits per heavy atom. The molecule has 0 aliphatic carbocycles. The number of hydrogen-bond acceptors (Lipinski definition) is 6. The summed E-state index contributed by atoms with van der Waals surface area (Å²) in [6, 6.07) is 14.8. The number of ether oxygens (including phenoxy) is 1. The van der Waals surface area contributed by atoms with E-state index in [0.29, 0.717) is 28.4 Å². The fraction of sp³-hybridized carbons (Fsp3) is 0.200. The van der Waals surface area contributed by atoms with Gasteiger partial charge in [0.1, 0.15) is 0 Å². The molecule has 5 rings (SSSR count). The SMILES string of the molecule is O=C(Nc1ccc(NC(=O)c2cccs2)cc1)c1ccc2c(c1)C(=O)N(CC1CCCO1)C2=O. The number of imide groups is 1. The molecule has 3 aromatic rings. The van der Waals surface area contributed by atoms with E-state index in [1.54, 1.807) is 30.3 Å². The Morgan fingerprint density at radius 2 is 1.65 bits per heavy atom. The summed E-state index contributed by atoms with van der Waals surface area (Å²) in [6.07, 6.45) is 1.60. The molecular formula is C25H21N3O5S. The van der Waals surface area contributed by atoms with E-state index in [1.807, 2.05) is 11.4 Å². The number of fused-ring (bicyclic) bond motifs is 1. The number of rotatable bonds is 6. The molecule has 9 heteroatoms. The number of amides is 4. The monoisotopic (exact) mass is 475 g/mol. The molecule has 1 aromatic heterocycles. The van der Waals surface area contributed by atoms with E-state index in [-0.39, 0.29) is 35.6 Å². The van der Waals surface area contributed by atoms with Crippen LogP contribution >= 0.6 is 11.3 Å². The molecule has 2 N–H and O–H groups in total. The first-order valence-electron chi connectivity index (χ1n) is 10.9. The van der Waals surface area contributed by atoms with Crippen molar-refractivity contribution in [3.63, 3.8) is 0 Å². The third-order valence-electron chi connectivity index (χ3n) is 5.79. The van der Waals surface area contributed by atoms with Crippen molar-refractivity contribution in [1.29, 1.82) is 0 Å². The van der Waals surface area contributed by atoms with E-state index in [9.17, 15) is 19.2 Å². The van der Waals surface area contributed by atoms with Crippen molar-refractivity contribution >= 4 is 46.3 Å². The fourth-order valence-electron chi connectivity index (χ4n) is 4.03. The highest BCUT2D eigenvalue weighted by Gasteiger charge is 2.37. The van der Waals surface area contributed by atoms with Gasteiger partial charge in [-0.15, -0.1) is 11.3 Å². The first-order chi connectivity index (χ1) is 16.5. The topological polar surface area (TPSA) is 105 Å². The van der Waals surface area contributed by atoms with Crippen molar-refractivity contribution in [2.45, 2.75) is 18.9 Å². The Balaban J connectivity index is 1.24. The molecule has 0 bridgehead atoms. The molecule has 2 aliphatic heterocycles. The highest BCUT2D eigenvalue weighted by atomic mass is 32.1. The van der Waals surface area contributed by atoms with Crippen molar-refractivity contribution in [2.24, 2.45) is 0 Å². The molecule has 4 amide bonds. The van der Waals surface area contributed by atoms with Crippen molar-refractivity contribution in [3.8, 4) is 0 Å². The number of thiophene rings is 1. The maximum absolute atomic E-state index is 12.8. The Bertz CT molecular complexity index is 1260. The smallest absolute Gasteiger partial charge is 0.265 e. The molecule has 1 unspecified atom stereocenters. The van der Waals surface area contributed by atoms with Gasteiger partial charge >= 0.3 is 0 Å². The second-order valence-electron chi connectivity index (χ2n) is 8.08. The molecule has 1 saturated heterocycles. The molecule has 0 spiro atoms. The van der Waals surface area contributed by atoms with E-state index in [0.717, 1.165) is 12.8 Å². The van der Waals surface area contributed by atoms with Crippen LogP contribution in [0.1, 0.15) is 53.6 Å². The van der Waals surface area contributed by atoms with Gasteiger partial charge in [0.2, 0.25) is 0 Å². The Labute approximate surface area is 199 Å². The quantitative estimate of drug-likeness (QED) is 0.524. The largest absolute Gasteiger partial charge is 0.376 e. The molecule has 3 heterocycles. The summed E-state index contributed by atoms with van der Waals surface area (Å²) in [5, 5.41) is 7.40. The first kappa shape index (κ1) is 22.0. The van der Waals surface area contributed by atoms with E-state index in [4.69, 9.17) is 4.74 Å². The number of nitrogens with zero attached hydrogens (tertiary/aromatic N) is 1. The van der Waals surface area contributed by atoms with E-state index in [2.05, 4.69) is 10.6 Å². The van der Waals surface area contributed by atoms with Crippen molar-refractivity contribution in [2.75, 3.05) is 23.8 Å². The summed E-state index contributed by atoms with van der Waals surface area (Å²) in [5.41, 5.74) is 1.92. The van der Waals surface area contributed by atoms with Crippen LogP contribution in [0.15, 0.2) is 60.0 Å². The summed E-state index contributed by atoms with van der Waals surface area (Å²) < 4.78 is 5.55. The summed E-state index contributed by atoms with van der Waals surface area (Å²) in [5.74, 6) is -1.37. The van der Waals surface area contributed by atoms with Crippen LogP contribution in [0.25, 0.3) is 0 Å². The standard InChI is InChI=1S/C25H21N3O5S/c29-22(26-16-6-8-17(9-7-16)27-23(30)21-4-2-12-34-21)15-5-10-19-20(13-15)25(32)28(24(19)31)14-18-3-1-11-33-18/h2,4-10,12-13,18H,1,3,11,14H2,(H,26,29)(H,27,30). The van der Waals surface area contributed by atoms with Gasteiger partial charge in [-0.1, -0.05) is 6.07 Å². The van der Waals surface area contributed by atoms with Gasteiger partial charge in [0.15, 0.2) is 0 Å². The number of anilines is 2. The van der Waals surface area contributed by atoms with Gasteiger partial charge in [-0.2, -0.15) is 0 Å². The number of nitrogens with one attached hydrogen (secondary N) is 2. The Morgan fingerprint density at radius 3 is 2.29 bits per heavy atom. The number of benzene rings is 2. The summed E-state index contributed by atoms with van der Waals surface area (Å²) in [4.78, 5) is 52.2. The molecule has 2 aromatic carbocycles. The number of carbonyl (C=O) groups excluding carboxylic acids is 4. The average Bonchev–Trinajstić information content (AvgIpc) is 3.60. The van der Waals surface area contributed by atoms with Crippen molar-refractivity contribution in [1.82, 2.24) is 4.90 Å². The third kappa shape index (κ3) is 4.35. The minimum atomic E-state index is -0.406. The third-order valence-corrected chi connectivity index (χ3v) is 6.66. The zero-order valence-electron chi connectivity index (χ0n) is 18.1. The lowest BCUT2D eigenvalue weighted by Crippen LogP contribution is -2.36. The lowest BCUT2D eigenvalue weighted by atomic mass is 10.1. The predicted molar refractivity (Wildman–Crippen MR) is 127 cm³/mol. The molecule has 172 valence electrons. The van der Waals surface area contributed by atoms with Crippen LogP contribution in [0, 0.1) is 0 Å². The van der Waals surface area contributed by atoms with Crippen LogP contribution in [-0.2, 0) is 4.74 Å². The van der Waals surface area contributed by atoms with Crippen molar-refractivity contribution in [3.05, 3.63) is 81.5 Å². The predicted octanol–water partition coefficient (Wildman–Crippen LogP) is 4.03. The van der Waals surface area contributed by atoms with Gasteiger partial charge in [0, 0.05) is 23.5 Å². The van der Waals surface area contributed by atoms with Gasteiger partial charge in [0.05, 0.1) is 28.7 Å². The van der Waals surface area contributed by atoms with Crippen LogP contribution in [0.5, 0.6) is 0 Å². The molecule has 1 fully saturated rings. The minimum absolute atomic E-state index is 0.136. The van der Waals surface area contributed by atoms with Crippen LogP contribution in [-0.4, -0.2) is 47.8 Å². The second-order valence-corrected chi connectivity index (χ2v) is 9.03. The van der Waals surface area contributed by atoms with Gasteiger partial charge in [-0.25, -0.2) is 0 Å². The fourth-order valence-corrected chi connectivity index (χ4v) is 4.65. The van der Waals surface area contributed by atoms with Gasteiger partial charge < -0.3 is 15.4 Å². The van der Waals surface area contributed by atoms with Crippen LogP contribution in [0.2, 0.25) is 0 Å². The summed E-state index contributed by atoms with van der Waals surface area (Å²) in [6.45, 7) is 0.864. The molecule has 34 heavy (non-hydrogen) atoms. The highest BCUT2D eigenvalue weighted by Crippen LogP contribution is 2.26. The zero-order valence-corrected chi connectivity index (χ0v) is 18.9. The molecule has 0 radical (unpaired) electrons. The van der Waals surface area contributed by atoms with Gasteiger partial charge in [0.25, 0.3) is 23.6 Å². The lowest BCUT2D eigenvalue weighted by molar-refractivity contribution is 0.0475. The van der Waals surface area contributed by atoms with Crippen LogP contribution < -0.4 is 10.6 Å². The van der Waals surface area contributed by atoms with Crippen molar-refractivity contribution < 1.29 is 23.9 Å². The first-order valence-corrected chi connectivity index (χ1v) is 11.8. The number of carbonyl (C=O) groups is 4. The normalized spacial score (nSPS) is 17.1. The summed E-state index contributed by atoms with van der Waals surface area (Å²) in [7, 11) is 0. The molecule has 1 atom stereocenters. The Kier molecular flexibility index (Phi) is 5.95. The second kappa shape index (κ2) is 9.20. The number of hydrogen-bond donors (Lipinski definition) is 2. The maximum atomic E-state index is 12.8. The van der Waals surface area contributed by atoms with Gasteiger partial charge in [-0.05, 0) is 66.8 Å².